The fourth-order valence-corrected chi connectivity index (χ4v) is 1.10. The molecule has 1 saturated heterocycles. The minimum Gasteiger partial charge on any atom is -0.480 e. The summed E-state index contributed by atoms with van der Waals surface area (Å²) in [5, 5.41) is 12.1. The number of hydrogen-bond acceptors (Lipinski definition) is 3. The second-order valence-electron chi connectivity index (χ2n) is 2.24. The zero-order chi connectivity index (χ0) is 7.56. The molecule has 0 aromatic heterocycles. The Kier molecular flexibility index (Phi) is 1.84. The van der Waals surface area contributed by atoms with Crippen molar-refractivity contribution in [3.63, 3.8) is 0 Å². The molecule has 1 N–H and O–H groups in total. The summed E-state index contributed by atoms with van der Waals surface area (Å²) in [6, 6.07) is -0.683. The van der Waals surface area contributed by atoms with Crippen molar-refractivity contribution < 1.29 is 9.90 Å². The van der Waals surface area contributed by atoms with Crippen molar-refractivity contribution in [1.82, 2.24) is 5.01 Å². The molecule has 5 nitrogen and oxygen atoms in total. The van der Waals surface area contributed by atoms with Gasteiger partial charge in [0, 0.05) is 6.54 Å². The molecule has 0 aliphatic carbocycles. The summed E-state index contributed by atoms with van der Waals surface area (Å²) in [6.07, 6.45) is 1.27. The standard InChI is InChI=1S/C5H8N2O3/c8-5(9)4-2-1-3-7(4)6-10/h4H,1-3H2,(H,8,9)/t4-/m0/s1/i6+1. The number of carbonyl (C=O) groups is 1. The lowest BCUT2D eigenvalue weighted by Crippen LogP contribution is -2.31. The highest BCUT2D eigenvalue weighted by Gasteiger charge is 2.30. The van der Waals surface area contributed by atoms with Crippen LogP contribution in [0.1, 0.15) is 12.8 Å². The highest BCUT2D eigenvalue weighted by Crippen LogP contribution is 2.16. The second-order valence-corrected chi connectivity index (χ2v) is 2.24. The summed E-state index contributed by atoms with van der Waals surface area (Å²) < 4.78 is 0. The van der Waals surface area contributed by atoms with Crippen LogP contribution in [0, 0.1) is 4.91 Å². The van der Waals surface area contributed by atoms with Gasteiger partial charge < -0.3 is 5.11 Å². The highest BCUT2D eigenvalue weighted by atomic mass is 16.5. The molecule has 1 atom stereocenters. The predicted molar refractivity (Wildman–Crippen MR) is 33.2 cm³/mol. The first-order valence-electron chi connectivity index (χ1n) is 3.08. The van der Waals surface area contributed by atoms with Crippen molar-refractivity contribution >= 4 is 5.97 Å². The van der Waals surface area contributed by atoms with Crippen LogP contribution in [0.15, 0.2) is 5.29 Å². The predicted octanol–water partition coefficient (Wildman–Crippen LogP) is 0.217. The molecule has 56 valence electrons. The Balaban J connectivity index is 2.58. The molecular formula is C5H8N2O3. The highest BCUT2D eigenvalue weighted by molar-refractivity contribution is 5.73. The van der Waals surface area contributed by atoms with E-state index in [1.165, 1.54) is 0 Å². The molecule has 5 heteroatoms. The van der Waals surface area contributed by atoms with E-state index >= 15 is 0 Å². The van der Waals surface area contributed by atoms with E-state index in [0.717, 1.165) is 11.4 Å². The zero-order valence-corrected chi connectivity index (χ0v) is 5.36. The van der Waals surface area contributed by atoms with Crippen LogP contribution in [0.5, 0.6) is 0 Å². The molecule has 0 amide bonds. The van der Waals surface area contributed by atoms with E-state index in [1.807, 2.05) is 0 Å². The van der Waals surface area contributed by atoms with Gasteiger partial charge in [-0.05, 0) is 12.8 Å². The Labute approximate surface area is 57.6 Å². The quantitative estimate of drug-likeness (QED) is 0.445. The van der Waals surface area contributed by atoms with Gasteiger partial charge in [0.2, 0.25) is 0 Å². The summed E-state index contributed by atoms with van der Waals surface area (Å²) in [5.74, 6) is -0.961. The lowest BCUT2D eigenvalue weighted by Gasteiger charge is -2.11. The normalized spacial score (nSPS) is 24.8. The molecule has 0 aromatic carbocycles. The first-order valence-corrected chi connectivity index (χ1v) is 3.08. The number of aliphatic carboxylic acids is 1. The third-order valence-electron chi connectivity index (χ3n) is 1.61. The van der Waals surface area contributed by atoms with Crippen LogP contribution in [0.3, 0.4) is 0 Å². The zero-order valence-electron chi connectivity index (χ0n) is 5.36. The number of hydrogen-bond donors (Lipinski definition) is 1. The third kappa shape index (κ3) is 1.07. The fourth-order valence-electron chi connectivity index (χ4n) is 1.10. The minimum absolute atomic E-state index is 0.473. The van der Waals surface area contributed by atoms with E-state index in [4.69, 9.17) is 5.11 Å². The van der Waals surface area contributed by atoms with Crippen LogP contribution in [-0.4, -0.2) is 28.7 Å². The van der Waals surface area contributed by atoms with E-state index in [1.54, 1.807) is 0 Å². The average molecular weight is 145 g/mol. The summed E-state index contributed by atoms with van der Waals surface area (Å²) >= 11 is 0. The van der Waals surface area contributed by atoms with Gasteiger partial charge >= 0.3 is 5.97 Å². The number of carboxylic acid groups (broad SMARTS) is 1. The Hall–Kier alpha value is -1.13. The molecule has 1 fully saturated rings. The molecule has 10 heavy (non-hydrogen) atoms. The molecule has 0 spiro atoms. The molecule has 0 aromatic rings. The van der Waals surface area contributed by atoms with E-state index in [-0.39, 0.29) is 0 Å². The average Bonchev–Trinajstić information content (AvgIpc) is 2.33. The van der Waals surface area contributed by atoms with E-state index < -0.39 is 12.0 Å². The first-order chi connectivity index (χ1) is 4.75. The fraction of sp³-hybridized carbons (Fsp3) is 0.800. The summed E-state index contributed by atoms with van der Waals surface area (Å²) in [7, 11) is 0. The smallest absolute Gasteiger partial charge is 0.328 e. The van der Waals surface area contributed by atoms with Gasteiger partial charge in [-0.3, -0.25) is 0 Å². The lowest BCUT2D eigenvalue weighted by atomic mass is 10.2. The number of nitroso groups, excluding NO2 is 1. The van der Waals surface area contributed by atoms with Crippen LogP contribution >= 0.6 is 0 Å². The largest absolute Gasteiger partial charge is 0.480 e. The van der Waals surface area contributed by atoms with Crippen LogP contribution in [-0.2, 0) is 4.79 Å². The Bertz CT molecular complexity index is 159. The number of rotatable bonds is 2. The van der Waals surface area contributed by atoms with Gasteiger partial charge in [-0.25, -0.2) is 9.80 Å². The molecule has 1 aliphatic rings. The lowest BCUT2D eigenvalue weighted by molar-refractivity contribution is -0.142. The summed E-state index contributed by atoms with van der Waals surface area (Å²) in [5.41, 5.74) is 0. The van der Waals surface area contributed by atoms with E-state index in [0.29, 0.717) is 13.0 Å². The van der Waals surface area contributed by atoms with Crippen molar-refractivity contribution in [2.24, 2.45) is 5.29 Å². The monoisotopic (exact) mass is 145 g/mol. The SMILES string of the molecule is O=[15N]N1CCC[C@H]1C(=O)O. The molecule has 1 aliphatic heterocycles. The molecule has 0 bridgehead atoms. The van der Waals surface area contributed by atoms with Crippen LogP contribution in [0.2, 0.25) is 0 Å². The number of nitrogens with zero attached hydrogens (tertiary/aromatic N) is 2. The van der Waals surface area contributed by atoms with Crippen molar-refractivity contribution in [2.75, 3.05) is 6.54 Å². The van der Waals surface area contributed by atoms with E-state index in [2.05, 4.69) is 5.29 Å². The summed E-state index contributed by atoms with van der Waals surface area (Å²) in [6.45, 7) is 0.473. The van der Waals surface area contributed by atoms with Crippen LogP contribution < -0.4 is 0 Å². The molecule has 1 rings (SSSR count). The van der Waals surface area contributed by atoms with Crippen molar-refractivity contribution in [3.05, 3.63) is 4.91 Å². The van der Waals surface area contributed by atoms with Gasteiger partial charge in [0.15, 0.2) is 0 Å². The Morgan fingerprint density at radius 1 is 1.70 bits per heavy atom. The van der Waals surface area contributed by atoms with Gasteiger partial charge in [0.1, 0.15) is 6.04 Å². The maximum absolute atomic E-state index is 10.3. The maximum Gasteiger partial charge on any atom is 0.328 e. The second kappa shape index (κ2) is 2.64. The van der Waals surface area contributed by atoms with Crippen LogP contribution in [0.25, 0.3) is 0 Å². The molecule has 1 heterocycles. The molecular weight excluding hydrogens is 137 g/mol. The van der Waals surface area contributed by atoms with Crippen molar-refractivity contribution in [3.8, 4) is 0 Å². The topological polar surface area (TPSA) is 70.0 Å². The molecule has 0 saturated carbocycles. The van der Waals surface area contributed by atoms with Gasteiger partial charge in [0.05, 0.1) is 5.29 Å². The Morgan fingerprint density at radius 3 is 2.80 bits per heavy atom. The summed E-state index contributed by atoms with van der Waals surface area (Å²) in [4.78, 5) is 20.3. The van der Waals surface area contributed by atoms with Gasteiger partial charge in [-0.2, -0.15) is 0 Å². The van der Waals surface area contributed by atoms with E-state index in [9.17, 15) is 9.70 Å². The molecule has 0 radical (unpaired) electrons. The first kappa shape index (κ1) is 6.98. The van der Waals surface area contributed by atoms with Gasteiger partial charge in [-0.15, -0.1) is 4.91 Å². The van der Waals surface area contributed by atoms with Crippen molar-refractivity contribution in [2.45, 2.75) is 18.9 Å². The third-order valence-corrected chi connectivity index (χ3v) is 1.61. The Morgan fingerprint density at radius 2 is 2.40 bits per heavy atom. The maximum atomic E-state index is 10.3. The van der Waals surface area contributed by atoms with Gasteiger partial charge in [0.25, 0.3) is 0 Å². The minimum atomic E-state index is -0.961. The molecule has 0 unspecified atom stereocenters. The van der Waals surface area contributed by atoms with Gasteiger partial charge in [-0.1, -0.05) is 0 Å². The number of carboxylic acids is 1. The van der Waals surface area contributed by atoms with Crippen molar-refractivity contribution in [1.29, 1.82) is 0 Å². The van der Waals surface area contributed by atoms with Crippen LogP contribution in [0.4, 0.5) is 0 Å².